The summed E-state index contributed by atoms with van der Waals surface area (Å²) in [6, 6.07) is 10.4. The molecule has 1 atom stereocenters. The number of likely N-dealkylation sites (N-methyl/N-ethyl adjacent to an activating group) is 1. The van der Waals surface area contributed by atoms with Gasteiger partial charge in [-0.25, -0.2) is 0 Å². The summed E-state index contributed by atoms with van der Waals surface area (Å²) in [7, 11) is 7.65. The number of aliphatic imine (C=N–C) groups is 1. The van der Waals surface area contributed by atoms with Gasteiger partial charge < -0.3 is 20.3 Å². The van der Waals surface area contributed by atoms with Gasteiger partial charge in [-0.1, -0.05) is 18.2 Å². The van der Waals surface area contributed by atoms with Crippen molar-refractivity contribution in [3.8, 4) is 5.75 Å². The van der Waals surface area contributed by atoms with E-state index >= 15 is 0 Å². The third-order valence-corrected chi connectivity index (χ3v) is 4.75. The van der Waals surface area contributed by atoms with Crippen LogP contribution in [0.3, 0.4) is 0 Å². The lowest BCUT2D eigenvalue weighted by atomic mass is 10.0. The van der Waals surface area contributed by atoms with Crippen molar-refractivity contribution in [3.05, 3.63) is 47.3 Å². The van der Waals surface area contributed by atoms with Crippen molar-refractivity contribution in [2.24, 2.45) is 4.99 Å². The van der Waals surface area contributed by atoms with E-state index in [0.29, 0.717) is 0 Å². The molecule has 2 aromatic rings. The molecule has 0 amide bonds. The third kappa shape index (κ3) is 7.50. The Balaban J connectivity index is 0.00000420. The Hall–Kier alpha value is -1.81. The number of nitrogens with one attached hydrogen (secondary N) is 2. The molecule has 1 heterocycles. The molecule has 162 valence electrons. The van der Waals surface area contributed by atoms with Crippen LogP contribution in [0.1, 0.15) is 29.4 Å². The fourth-order valence-corrected chi connectivity index (χ4v) is 3.26. The molecule has 0 fully saturated rings. The van der Waals surface area contributed by atoms with Gasteiger partial charge in [-0.2, -0.15) is 5.10 Å². The third-order valence-electron chi connectivity index (χ3n) is 4.75. The van der Waals surface area contributed by atoms with Gasteiger partial charge in [0.2, 0.25) is 0 Å². The van der Waals surface area contributed by atoms with Crippen LogP contribution in [0.4, 0.5) is 0 Å². The molecule has 1 aromatic heterocycles. The Labute approximate surface area is 191 Å². The number of rotatable bonds is 9. The highest BCUT2D eigenvalue weighted by atomic mass is 127. The van der Waals surface area contributed by atoms with Crippen LogP contribution in [0.25, 0.3) is 0 Å². The molecule has 7 nitrogen and oxygen atoms in total. The van der Waals surface area contributed by atoms with Crippen molar-refractivity contribution in [2.75, 3.05) is 41.3 Å². The summed E-state index contributed by atoms with van der Waals surface area (Å²) in [6.07, 6.45) is 0.978. The van der Waals surface area contributed by atoms with Crippen LogP contribution < -0.4 is 15.4 Å². The Morgan fingerprint density at radius 2 is 1.97 bits per heavy atom. The van der Waals surface area contributed by atoms with Crippen LogP contribution in [0.2, 0.25) is 0 Å². The van der Waals surface area contributed by atoms with Crippen molar-refractivity contribution in [1.29, 1.82) is 0 Å². The number of aromatic nitrogens is 2. The first-order valence-electron chi connectivity index (χ1n) is 9.71. The predicted octanol–water partition coefficient (Wildman–Crippen LogP) is 2.98. The number of nitrogens with zero attached hydrogens (tertiary/aromatic N) is 4. The molecule has 8 heteroatoms. The van der Waals surface area contributed by atoms with Crippen LogP contribution >= 0.6 is 24.0 Å². The minimum Gasteiger partial charge on any atom is -0.496 e. The lowest BCUT2D eigenvalue weighted by Gasteiger charge is -2.27. The second kappa shape index (κ2) is 12.7. The van der Waals surface area contributed by atoms with Crippen molar-refractivity contribution < 1.29 is 4.74 Å². The summed E-state index contributed by atoms with van der Waals surface area (Å²) >= 11 is 0. The summed E-state index contributed by atoms with van der Waals surface area (Å²) in [4.78, 5) is 6.53. The summed E-state index contributed by atoms with van der Waals surface area (Å²) in [5.41, 5.74) is 3.42. The minimum atomic E-state index is 0. The quantitative estimate of drug-likeness (QED) is 0.233. The molecule has 29 heavy (non-hydrogen) atoms. The van der Waals surface area contributed by atoms with E-state index in [9.17, 15) is 0 Å². The molecule has 2 N–H and O–H groups in total. The van der Waals surface area contributed by atoms with Crippen molar-refractivity contribution in [2.45, 2.75) is 32.9 Å². The largest absolute Gasteiger partial charge is 0.496 e. The van der Waals surface area contributed by atoms with Gasteiger partial charge in [0, 0.05) is 37.9 Å². The Morgan fingerprint density at radius 1 is 1.24 bits per heavy atom. The van der Waals surface area contributed by atoms with Gasteiger partial charge in [-0.3, -0.25) is 9.67 Å². The van der Waals surface area contributed by atoms with E-state index in [1.807, 2.05) is 25.1 Å². The fourth-order valence-electron chi connectivity index (χ4n) is 3.26. The summed E-state index contributed by atoms with van der Waals surface area (Å²) < 4.78 is 7.59. The highest BCUT2D eigenvalue weighted by Gasteiger charge is 2.18. The van der Waals surface area contributed by atoms with Gasteiger partial charge in [0.05, 0.1) is 18.8 Å². The molecule has 0 aliphatic heterocycles. The normalized spacial score (nSPS) is 12.4. The molecule has 1 unspecified atom stereocenters. The predicted molar refractivity (Wildman–Crippen MR) is 131 cm³/mol. The zero-order valence-electron chi connectivity index (χ0n) is 18.4. The Kier molecular flexibility index (Phi) is 11.0. The lowest BCUT2D eigenvalue weighted by molar-refractivity contribution is 0.287. The average molecular weight is 514 g/mol. The smallest absolute Gasteiger partial charge is 0.191 e. The number of ether oxygens (including phenoxy) is 1. The zero-order chi connectivity index (χ0) is 20.5. The lowest BCUT2D eigenvalue weighted by Crippen LogP contribution is -2.42. The van der Waals surface area contributed by atoms with Gasteiger partial charge in [0.1, 0.15) is 5.75 Å². The van der Waals surface area contributed by atoms with Crippen LogP contribution in [0, 0.1) is 13.8 Å². The minimum absolute atomic E-state index is 0. The van der Waals surface area contributed by atoms with Crippen molar-refractivity contribution >= 4 is 29.9 Å². The number of hydrogen-bond acceptors (Lipinski definition) is 4. The number of halogens is 1. The molecule has 2 rings (SSSR count). The van der Waals surface area contributed by atoms with Gasteiger partial charge in [0.15, 0.2) is 5.96 Å². The maximum absolute atomic E-state index is 5.53. The molecular weight excluding hydrogens is 479 g/mol. The van der Waals surface area contributed by atoms with E-state index in [4.69, 9.17) is 4.74 Å². The first kappa shape index (κ1) is 25.2. The van der Waals surface area contributed by atoms with Gasteiger partial charge in [-0.05, 0) is 46.5 Å². The molecule has 0 bridgehead atoms. The maximum atomic E-state index is 5.53. The van der Waals surface area contributed by atoms with Crippen LogP contribution in [0.5, 0.6) is 5.75 Å². The zero-order valence-corrected chi connectivity index (χ0v) is 20.7. The number of methoxy groups -OCH3 is 1. The van der Waals surface area contributed by atoms with Crippen molar-refractivity contribution in [1.82, 2.24) is 25.3 Å². The molecule has 0 aliphatic carbocycles. The average Bonchev–Trinajstić information content (AvgIpc) is 3.00. The Bertz CT molecular complexity index is 774. The standard InChI is InChI=1S/C21H34N6O.HI/c1-16-14-17(2)27(25-16)13-9-12-23-21(22-3)24-15-19(26(4)5)18-10-7-8-11-20(18)28-6;/h7-8,10-11,14,19H,9,12-13,15H2,1-6H3,(H2,22,23,24);1H. The van der Waals surface area contributed by atoms with Gasteiger partial charge in [-0.15, -0.1) is 24.0 Å². The molecule has 0 spiro atoms. The van der Waals surface area contributed by atoms with E-state index < -0.39 is 0 Å². The molecular formula is C21H35IN6O. The summed E-state index contributed by atoms with van der Waals surface area (Å²) in [5, 5.41) is 11.3. The second-order valence-electron chi connectivity index (χ2n) is 7.11. The van der Waals surface area contributed by atoms with Crippen LogP contribution in [-0.2, 0) is 6.54 Å². The van der Waals surface area contributed by atoms with E-state index in [2.05, 4.69) is 63.5 Å². The topological polar surface area (TPSA) is 66.7 Å². The molecule has 1 aromatic carbocycles. The molecule has 0 radical (unpaired) electrons. The number of aryl methyl sites for hydroxylation is 3. The van der Waals surface area contributed by atoms with E-state index in [1.165, 1.54) is 5.69 Å². The molecule has 0 saturated heterocycles. The van der Waals surface area contributed by atoms with Gasteiger partial charge in [0.25, 0.3) is 0 Å². The Morgan fingerprint density at radius 3 is 2.55 bits per heavy atom. The molecule has 0 saturated carbocycles. The van der Waals surface area contributed by atoms with E-state index in [0.717, 1.165) is 49.0 Å². The second-order valence-corrected chi connectivity index (χ2v) is 7.11. The SMILES string of the molecule is CN=C(NCCCn1nc(C)cc1C)NCC(c1ccccc1OC)N(C)C.I. The monoisotopic (exact) mass is 514 g/mol. The number of benzene rings is 1. The number of hydrogen-bond donors (Lipinski definition) is 2. The first-order valence-corrected chi connectivity index (χ1v) is 9.71. The van der Waals surface area contributed by atoms with Crippen LogP contribution in [-0.4, -0.2) is 62.0 Å². The van der Waals surface area contributed by atoms with Crippen LogP contribution in [0.15, 0.2) is 35.3 Å². The first-order chi connectivity index (χ1) is 13.5. The van der Waals surface area contributed by atoms with Gasteiger partial charge >= 0.3 is 0 Å². The maximum Gasteiger partial charge on any atom is 0.191 e. The highest BCUT2D eigenvalue weighted by Crippen LogP contribution is 2.27. The van der Waals surface area contributed by atoms with Crippen molar-refractivity contribution in [3.63, 3.8) is 0 Å². The van der Waals surface area contributed by atoms with E-state index in [-0.39, 0.29) is 30.0 Å². The summed E-state index contributed by atoms with van der Waals surface area (Å²) in [6.45, 7) is 6.57. The number of guanidine groups is 1. The highest BCUT2D eigenvalue weighted by molar-refractivity contribution is 14.0. The van der Waals surface area contributed by atoms with E-state index in [1.54, 1.807) is 14.2 Å². The molecule has 0 aliphatic rings. The fraction of sp³-hybridized carbons (Fsp3) is 0.524. The number of para-hydroxylation sites is 1. The summed E-state index contributed by atoms with van der Waals surface area (Å²) in [5.74, 6) is 1.70.